The largest absolute Gasteiger partial charge is 0.399 e. The molecule has 3 nitrogen and oxygen atoms in total. The minimum absolute atomic E-state index is 0.238. The first-order chi connectivity index (χ1) is 8.99. The lowest BCUT2D eigenvalue weighted by molar-refractivity contribution is -0.120. The van der Waals surface area contributed by atoms with Gasteiger partial charge in [-0.1, -0.05) is 12.8 Å². The maximum absolute atomic E-state index is 12.8. The molecule has 2 N–H and O–H groups in total. The molecule has 0 spiro atoms. The third-order valence-electron chi connectivity index (χ3n) is 4.03. The molecule has 1 fully saturated rings. The van der Waals surface area contributed by atoms with E-state index in [1.54, 1.807) is 11.8 Å². The van der Waals surface area contributed by atoms with E-state index in [0.717, 1.165) is 29.1 Å². The van der Waals surface area contributed by atoms with Crippen molar-refractivity contribution in [3.05, 3.63) is 18.2 Å². The summed E-state index contributed by atoms with van der Waals surface area (Å²) in [6.45, 7) is 4.02. The number of hydrogen-bond donors (Lipinski definition) is 1. The molecule has 1 saturated carbocycles. The van der Waals surface area contributed by atoms with Crippen molar-refractivity contribution in [2.75, 3.05) is 10.6 Å². The molecular formula is C15H20N2OS. The predicted molar refractivity (Wildman–Crippen MR) is 80.5 cm³/mol. The number of fused-ring (bicyclic) bond motifs is 1. The van der Waals surface area contributed by atoms with Gasteiger partial charge in [-0.2, -0.15) is 0 Å². The molecule has 1 aliphatic heterocycles. The van der Waals surface area contributed by atoms with Crippen LogP contribution in [0.15, 0.2) is 23.1 Å². The van der Waals surface area contributed by atoms with E-state index in [9.17, 15) is 4.79 Å². The van der Waals surface area contributed by atoms with Gasteiger partial charge in [0.15, 0.2) is 0 Å². The highest BCUT2D eigenvalue weighted by atomic mass is 32.2. The molecule has 0 atom stereocenters. The zero-order valence-electron chi connectivity index (χ0n) is 11.5. The van der Waals surface area contributed by atoms with E-state index in [-0.39, 0.29) is 5.91 Å². The van der Waals surface area contributed by atoms with E-state index in [1.807, 2.05) is 36.9 Å². The minimum atomic E-state index is -0.399. The fourth-order valence-corrected chi connectivity index (χ4v) is 4.26. The quantitative estimate of drug-likeness (QED) is 0.799. The first-order valence-electron chi connectivity index (χ1n) is 6.91. The maximum Gasteiger partial charge on any atom is 0.243 e. The molecule has 102 valence electrons. The van der Waals surface area contributed by atoms with Gasteiger partial charge in [0.2, 0.25) is 5.91 Å². The lowest BCUT2D eigenvalue weighted by Gasteiger charge is -2.41. The van der Waals surface area contributed by atoms with Crippen LogP contribution in [-0.4, -0.2) is 16.7 Å². The number of carbonyl (C=O) groups excluding carboxylic acids is 1. The standard InChI is InChI=1S/C15H20N2OS/c1-15(2)14(18)17(11-5-3-4-6-11)12-8-7-10(16)9-13(12)19-15/h7-9,11H,3-6,16H2,1-2H3. The molecule has 0 aromatic heterocycles. The molecule has 1 amide bonds. The van der Waals surface area contributed by atoms with Crippen molar-refractivity contribution < 1.29 is 4.79 Å². The van der Waals surface area contributed by atoms with E-state index in [4.69, 9.17) is 5.73 Å². The SMILES string of the molecule is CC1(C)Sc2cc(N)ccc2N(C2CCCC2)C1=O. The Morgan fingerprint density at radius 2 is 2.00 bits per heavy atom. The second-order valence-electron chi connectivity index (χ2n) is 5.95. The summed E-state index contributed by atoms with van der Waals surface area (Å²) in [7, 11) is 0. The number of nitrogens with two attached hydrogens (primary N) is 1. The van der Waals surface area contributed by atoms with Gasteiger partial charge in [0.1, 0.15) is 0 Å². The maximum atomic E-state index is 12.8. The van der Waals surface area contributed by atoms with Crippen LogP contribution in [0.5, 0.6) is 0 Å². The van der Waals surface area contributed by atoms with Crippen molar-refractivity contribution in [3.63, 3.8) is 0 Å². The molecular weight excluding hydrogens is 256 g/mol. The summed E-state index contributed by atoms with van der Waals surface area (Å²) in [5.74, 6) is 0.238. The Kier molecular flexibility index (Phi) is 3.01. The molecule has 0 unspecified atom stereocenters. The van der Waals surface area contributed by atoms with Gasteiger partial charge in [0, 0.05) is 16.6 Å². The van der Waals surface area contributed by atoms with Crippen molar-refractivity contribution in [3.8, 4) is 0 Å². The first-order valence-corrected chi connectivity index (χ1v) is 7.73. The molecule has 0 radical (unpaired) electrons. The highest BCUT2D eigenvalue weighted by molar-refractivity contribution is 8.01. The highest BCUT2D eigenvalue weighted by Crippen LogP contribution is 2.47. The molecule has 0 saturated heterocycles. The number of thioether (sulfide) groups is 1. The third-order valence-corrected chi connectivity index (χ3v) is 5.26. The average Bonchev–Trinajstić information content (AvgIpc) is 2.84. The Balaban J connectivity index is 2.08. The summed E-state index contributed by atoms with van der Waals surface area (Å²) in [5.41, 5.74) is 7.70. The first kappa shape index (κ1) is 12.9. The lowest BCUT2D eigenvalue weighted by Crippen LogP contribution is -2.50. The summed E-state index contributed by atoms with van der Waals surface area (Å²) in [5, 5.41) is 0. The zero-order valence-corrected chi connectivity index (χ0v) is 12.3. The van der Waals surface area contributed by atoms with E-state index in [2.05, 4.69) is 0 Å². The number of nitrogen functional groups attached to an aromatic ring is 1. The van der Waals surface area contributed by atoms with Gasteiger partial charge in [-0.3, -0.25) is 4.79 Å². The van der Waals surface area contributed by atoms with Crippen LogP contribution in [0.25, 0.3) is 0 Å². The van der Waals surface area contributed by atoms with E-state index in [1.165, 1.54) is 12.8 Å². The van der Waals surface area contributed by atoms with Gasteiger partial charge >= 0.3 is 0 Å². The van der Waals surface area contributed by atoms with Crippen LogP contribution in [0.2, 0.25) is 0 Å². The Labute approximate surface area is 118 Å². The smallest absolute Gasteiger partial charge is 0.243 e. The monoisotopic (exact) mass is 276 g/mol. The van der Waals surface area contributed by atoms with Gasteiger partial charge in [-0.25, -0.2) is 0 Å². The molecule has 1 aromatic carbocycles. The third kappa shape index (κ3) is 2.12. The Morgan fingerprint density at radius 3 is 2.68 bits per heavy atom. The van der Waals surface area contributed by atoms with Crippen LogP contribution >= 0.6 is 11.8 Å². The van der Waals surface area contributed by atoms with Crippen molar-refractivity contribution >= 4 is 29.0 Å². The summed E-state index contributed by atoms with van der Waals surface area (Å²) in [4.78, 5) is 15.9. The van der Waals surface area contributed by atoms with Crippen molar-refractivity contribution in [2.24, 2.45) is 0 Å². The number of anilines is 2. The van der Waals surface area contributed by atoms with Crippen LogP contribution in [0.3, 0.4) is 0 Å². The number of carbonyl (C=O) groups is 1. The normalized spacial score (nSPS) is 22.6. The van der Waals surface area contributed by atoms with Crippen LogP contribution < -0.4 is 10.6 Å². The zero-order chi connectivity index (χ0) is 13.6. The summed E-state index contributed by atoms with van der Waals surface area (Å²) in [6.07, 6.45) is 4.70. The van der Waals surface area contributed by atoms with Gasteiger partial charge in [-0.15, -0.1) is 11.8 Å². The average molecular weight is 276 g/mol. The number of nitrogens with zero attached hydrogens (tertiary/aromatic N) is 1. The Hall–Kier alpha value is -1.16. The molecule has 0 bridgehead atoms. The van der Waals surface area contributed by atoms with E-state index >= 15 is 0 Å². The van der Waals surface area contributed by atoms with Gasteiger partial charge < -0.3 is 10.6 Å². The molecule has 1 aromatic rings. The van der Waals surface area contributed by atoms with Gasteiger partial charge in [0.25, 0.3) is 0 Å². The van der Waals surface area contributed by atoms with E-state index < -0.39 is 4.75 Å². The molecule has 4 heteroatoms. The Bertz CT molecular complexity index is 521. The van der Waals surface area contributed by atoms with Crippen molar-refractivity contribution in [1.29, 1.82) is 0 Å². The second kappa shape index (κ2) is 4.44. The van der Waals surface area contributed by atoms with Crippen LogP contribution in [0, 0.1) is 0 Å². The predicted octanol–water partition coefficient (Wildman–Crippen LogP) is 3.43. The number of rotatable bonds is 1. The number of amides is 1. The molecule has 1 heterocycles. The topological polar surface area (TPSA) is 46.3 Å². The highest BCUT2D eigenvalue weighted by Gasteiger charge is 2.43. The van der Waals surface area contributed by atoms with Crippen molar-refractivity contribution in [1.82, 2.24) is 0 Å². The molecule has 2 aliphatic rings. The van der Waals surface area contributed by atoms with Crippen molar-refractivity contribution in [2.45, 2.75) is 55.2 Å². The van der Waals surface area contributed by atoms with Crippen LogP contribution in [-0.2, 0) is 4.79 Å². The summed E-state index contributed by atoms with van der Waals surface area (Å²) in [6, 6.07) is 6.27. The Morgan fingerprint density at radius 1 is 1.32 bits per heavy atom. The van der Waals surface area contributed by atoms with E-state index in [0.29, 0.717) is 6.04 Å². The van der Waals surface area contributed by atoms with Crippen LogP contribution in [0.1, 0.15) is 39.5 Å². The second-order valence-corrected chi connectivity index (χ2v) is 7.62. The summed E-state index contributed by atoms with van der Waals surface area (Å²) >= 11 is 1.63. The van der Waals surface area contributed by atoms with Gasteiger partial charge in [0.05, 0.1) is 10.4 Å². The fourth-order valence-electron chi connectivity index (χ4n) is 3.05. The molecule has 3 rings (SSSR count). The molecule has 1 aliphatic carbocycles. The molecule has 19 heavy (non-hydrogen) atoms. The number of hydrogen-bond acceptors (Lipinski definition) is 3. The van der Waals surface area contributed by atoms with Gasteiger partial charge in [-0.05, 0) is 44.9 Å². The van der Waals surface area contributed by atoms with Crippen LogP contribution in [0.4, 0.5) is 11.4 Å². The number of benzene rings is 1. The fraction of sp³-hybridized carbons (Fsp3) is 0.533. The lowest BCUT2D eigenvalue weighted by atomic mass is 10.1. The minimum Gasteiger partial charge on any atom is -0.399 e. The summed E-state index contributed by atoms with van der Waals surface area (Å²) < 4.78 is -0.399.